The summed E-state index contributed by atoms with van der Waals surface area (Å²) in [5.41, 5.74) is 3.23. The van der Waals surface area contributed by atoms with Crippen LogP contribution in [0.5, 0.6) is 5.75 Å². The molecule has 0 unspecified atom stereocenters. The summed E-state index contributed by atoms with van der Waals surface area (Å²) in [5.74, 6) is -0.0946. The van der Waals surface area contributed by atoms with Gasteiger partial charge >= 0.3 is 0 Å². The summed E-state index contributed by atoms with van der Waals surface area (Å²) in [6.07, 6.45) is 0.202. The Kier molecular flexibility index (Phi) is 5.28. The zero-order valence-corrected chi connectivity index (χ0v) is 14.6. The number of aryl methyl sites for hydroxylation is 1. The molecule has 0 amide bonds. The van der Waals surface area contributed by atoms with E-state index in [4.69, 9.17) is 0 Å². The van der Waals surface area contributed by atoms with Crippen molar-refractivity contribution in [1.29, 1.82) is 0 Å². The largest absolute Gasteiger partial charge is 0.507 e. The van der Waals surface area contributed by atoms with Crippen LogP contribution in [0.15, 0.2) is 72.8 Å². The Morgan fingerprint density at radius 1 is 0.731 bits per heavy atom. The Labute approximate surface area is 152 Å². The Bertz CT molecular complexity index is 854. The molecule has 3 heteroatoms. The number of aromatic hydroxyl groups is 1. The standard InChI is InChI=1S/C23H20O3/c1-16-12-19(14-21(24)17-8-4-2-5-9-17)23(26)20(13-16)15-22(25)18-10-6-3-7-11-18/h2-13,26H,14-15H2,1H3. The van der Waals surface area contributed by atoms with Crippen molar-refractivity contribution in [2.45, 2.75) is 19.8 Å². The fourth-order valence-corrected chi connectivity index (χ4v) is 3.00. The molecule has 0 aromatic heterocycles. The number of phenolic OH excluding ortho intramolecular Hbond substituents is 1. The van der Waals surface area contributed by atoms with Crippen LogP contribution in [0.2, 0.25) is 0 Å². The number of Topliss-reactive ketones (excluding diaryl/α,β-unsaturated/α-hetero) is 2. The molecule has 0 heterocycles. The number of carbonyl (C=O) groups is 2. The first-order chi connectivity index (χ1) is 12.5. The van der Waals surface area contributed by atoms with E-state index in [0.717, 1.165) is 5.56 Å². The Morgan fingerprint density at radius 3 is 1.50 bits per heavy atom. The number of benzene rings is 3. The number of phenols is 1. The number of carbonyl (C=O) groups excluding carboxylic acids is 2. The smallest absolute Gasteiger partial charge is 0.167 e. The van der Waals surface area contributed by atoms with E-state index in [0.29, 0.717) is 22.3 Å². The second-order valence-electron chi connectivity index (χ2n) is 6.36. The lowest BCUT2D eigenvalue weighted by Gasteiger charge is -2.11. The molecular weight excluding hydrogens is 324 g/mol. The minimum atomic E-state index is -0.0631. The summed E-state index contributed by atoms with van der Waals surface area (Å²) in [4.78, 5) is 24.9. The SMILES string of the molecule is Cc1cc(CC(=O)c2ccccc2)c(O)c(CC(=O)c2ccccc2)c1. The summed E-state index contributed by atoms with van der Waals surface area (Å²) < 4.78 is 0. The highest BCUT2D eigenvalue weighted by molar-refractivity contribution is 5.99. The molecule has 0 radical (unpaired) electrons. The molecule has 3 aromatic carbocycles. The van der Waals surface area contributed by atoms with Gasteiger partial charge in [0.2, 0.25) is 0 Å². The lowest BCUT2D eigenvalue weighted by atomic mass is 9.94. The van der Waals surface area contributed by atoms with E-state index < -0.39 is 0 Å². The predicted molar refractivity (Wildman–Crippen MR) is 102 cm³/mol. The maximum absolute atomic E-state index is 12.5. The van der Waals surface area contributed by atoms with Gasteiger partial charge in [0.25, 0.3) is 0 Å². The van der Waals surface area contributed by atoms with Crippen LogP contribution < -0.4 is 0 Å². The van der Waals surface area contributed by atoms with Crippen molar-refractivity contribution in [1.82, 2.24) is 0 Å². The van der Waals surface area contributed by atoms with Gasteiger partial charge in [-0.3, -0.25) is 9.59 Å². The van der Waals surface area contributed by atoms with Crippen molar-refractivity contribution >= 4 is 11.6 Å². The van der Waals surface area contributed by atoms with Crippen LogP contribution in [0.1, 0.15) is 37.4 Å². The number of hydrogen-bond donors (Lipinski definition) is 1. The van der Waals surface area contributed by atoms with Gasteiger partial charge < -0.3 is 5.11 Å². The van der Waals surface area contributed by atoms with Gasteiger partial charge in [-0.1, -0.05) is 78.4 Å². The van der Waals surface area contributed by atoms with E-state index in [1.165, 1.54) is 0 Å². The van der Waals surface area contributed by atoms with Crippen LogP contribution in [0.4, 0.5) is 0 Å². The van der Waals surface area contributed by atoms with Gasteiger partial charge in [-0.2, -0.15) is 0 Å². The van der Waals surface area contributed by atoms with Crippen LogP contribution in [-0.4, -0.2) is 16.7 Å². The van der Waals surface area contributed by atoms with Gasteiger partial charge in [0, 0.05) is 35.1 Å². The summed E-state index contributed by atoms with van der Waals surface area (Å²) in [7, 11) is 0. The molecule has 0 fully saturated rings. The maximum atomic E-state index is 12.5. The summed E-state index contributed by atoms with van der Waals surface area (Å²) in [6, 6.07) is 21.6. The number of hydrogen-bond acceptors (Lipinski definition) is 3. The van der Waals surface area contributed by atoms with E-state index in [1.54, 1.807) is 36.4 Å². The summed E-state index contributed by atoms with van der Waals surface area (Å²) in [5, 5.41) is 10.6. The molecule has 3 aromatic rings. The van der Waals surface area contributed by atoms with E-state index in [-0.39, 0.29) is 30.2 Å². The van der Waals surface area contributed by atoms with Gasteiger partial charge in [0.1, 0.15) is 5.75 Å². The molecule has 0 aliphatic carbocycles. The van der Waals surface area contributed by atoms with Crippen molar-refractivity contribution in [3.8, 4) is 5.75 Å². The minimum absolute atomic E-state index is 0.0316. The number of rotatable bonds is 6. The summed E-state index contributed by atoms with van der Waals surface area (Å²) in [6.45, 7) is 1.90. The average molecular weight is 344 g/mol. The van der Waals surface area contributed by atoms with Crippen molar-refractivity contribution in [3.63, 3.8) is 0 Å². The van der Waals surface area contributed by atoms with Crippen LogP contribution in [0.25, 0.3) is 0 Å². The third-order valence-corrected chi connectivity index (χ3v) is 4.31. The second kappa shape index (κ2) is 7.79. The lowest BCUT2D eigenvalue weighted by Crippen LogP contribution is -2.07. The normalized spacial score (nSPS) is 10.5. The van der Waals surface area contributed by atoms with E-state index >= 15 is 0 Å². The number of ketones is 2. The zero-order valence-electron chi connectivity index (χ0n) is 14.6. The first-order valence-electron chi connectivity index (χ1n) is 8.52. The quantitative estimate of drug-likeness (QED) is 0.667. The molecule has 0 atom stereocenters. The molecule has 0 spiro atoms. The van der Waals surface area contributed by atoms with Gasteiger partial charge in [-0.05, 0) is 6.92 Å². The van der Waals surface area contributed by atoms with Gasteiger partial charge in [-0.25, -0.2) is 0 Å². The van der Waals surface area contributed by atoms with E-state index in [1.807, 2.05) is 43.3 Å². The van der Waals surface area contributed by atoms with Crippen LogP contribution >= 0.6 is 0 Å². The first-order valence-corrected chi connectivity index (χ1v) is 8.52. The van der Waals surface area contributed by atoms with Crippen molar-refractivity contribution in [3.05, 3.63) is 101 Å². The molecule has 26 heavy (non-hydrogen) atoms. The molecular formula is C23H20O3. The molecule has 0 bridgehead atoms. The van der Waals surface area contributed by atoms with Crippen molar-refractivity contribution < 1.29 is 14.7 Å². The first kappa shape index (κ1) is 17.6. The predicted octanol–water partition coefficient (Wildman–Crippen LogP) is 4.55. The highest BCUT2D eigenvalue weighted by Crippen LogP contribution is 2.27. The Balaban J connectivity index is 1.84. The monoisotopic (exact) mass is 344 g/mol. The van der Waals surface area contributed by atoms with Crippen LogP contribution in [0, 0.1) is 6.92 Å². The van der Waals surface area contributed by atoms with Gasteiger partial charge in [-0.15, -0.1) is 0 Å². The lowest BCUT2D eigenvalue weighted by molar-refractivity contribution is 0.0986. The molecule has 1 N–H and O–H groups in total. The van der Waals surface area contributed by atoms with Gasteiger partial charge in [0.15, 0.2) is 11.6 Å². The molecule has 0 aliphatic rings. The highest BCUT2D eigenvalue weighted by Gasteiger charge is 2.16. The molecule has 130 valence electrons. The van der Waals surface area contributed by atoms with Crippen LogP contribution in [0.3, 0.4) is 0 Å². The molecule has 0 aliphatic heterocycles. The Morgan fingerprint density at radius 2 is 1.12 bits per heavy atom. The third-order valence-electron chi connectivity index (χ3n) is 4.31. The van der Waals surface area contributed by atoms with Gasteiger partial charge in [0.05, 0.1) is 0 Å². The molecule has 0 saturated heterocycles. The fourth-order valence-electron chi connectivity index (χ4n) is 3.00. The second-order valence-corrected chi connectivity index (χ2v) is 6.36. The van der Waals surface area contributed by atoms with Crippen molar-refractivity contribution in [2.24, 2.45) is 0 Å². The van der Waals surface area contributed by atoms with Crippen LogP contribution in [-0.2, 0) is 12.8 Å². The van der Waals surface area contributed by atoms with E-state index in [2.05, 4.69) is 0 Å². The zero-order chi connectivity index (χ0) is 18.5. The average Bonchev–Trinajstić information content (AvgIpc) is 2.66. The molecule has 3 rings (SSSR count). The van der Waals surface area contributed by atoms with E-state index in [9.17, 15) is 14.7 Å². The third kappa shape index (κ3) is 4.06. The molecule has 0 saturated carbocycles. The fraction of sp³-hybridized carbons (Fsp3) is 0.130. The topological polar surface area (TPSA) is 54.4 Å². The maximum Gasteiger partial charge on any atom is 0.167 e. The molecule has 3 nitrogen and oxygen atoms in total. The van der Waals surface area contributed by atoms with Crippen molar-refractivity contribution in [2.75, 3.05) is 0 Å². The summed E-state index contributed by atoms with van der Waals surface area (Å²) >= 11 is 0. The Hall–Kier alpha value is -3.20. The highest BCUT2D eigenvalue weighted by atomic mass is 16.3. The minimum Gasteiger partial charge on any atom is -0.507 e.